The van der Waals surface area contributed by atoms with Gasteiger partial charge in [0, 0.05) is 0 Å². The smallest absolute Gasteiger partial charge is 0.185 e. The number of hydrogen-bond donors (Lipinski definition) is 0. The van der Waals surface area contributed by atoms with Crippen LogP contribution in [0, 0.1) is 0 Å². The monoisotopic (exact) mass is 198 g/mol. The van der Waals surface area contributed by atoms with Crippen LogP contribution in [-0.2, 0) is 19.2 Å². The lowest BCUT2D eigenvalue weighted by Crippen LogP contribution is -2.33. The van der Waals surface area contributed by atoms with E-state index < -0.39 is 29.9 Å². The van der Waals surface area contributed by atoms with E-state index in [4.69, 9.17) is 0 Å². The van der Waals surface area contributed by atoms with Crippen LogP contribution < -0.4 is 10.2 Å². The molecule has 14 heavy (non-hydrogen) atoms. The number of carboxylic acid groups (broad SMARTS) is 2. The highest BCUT2D eigenvalue weighted by molar-refractivity contribution is 6.36. The number of aliphatic carboxylic acids is 2. The summed E-state index contributed by atoms with van der Waals surface area (Å²) in [7, 11) is 0. The molecule has 0 rings (SSSR count). The Bertz CT molecular complexity index is 325. The molecular formula is C8H6O6-2. The van der Waals surface area contributed by atoms with Crippen molar-refractivity contribution in [3.05, 3.63) is 11.6 Å². The van der Waals surface area contributed by atoms with Crippen molar-refractivity contribution < 1.29 is 29.4 Å². The molecule has 0 heterocycles. The summed E-state index contributed by atoms with van der Waals surface area (Å²) in [5, 5.41) is 19.9. The summed E-state index contributed by atoms with van der Waals surface area (Å²) in [6, 6.07) is 0. The van der Waals surface area contributed by atoms with E-state index in [9.17, 15) is 29.4 Å². The molecule has 0 fully saturated rings. The van der Waals surface area contributed by atoms with Crippen molar-refractivity contribution in [3.8, 4) is 0 Å². The zero-order valence-electron chi connectivity index (χ0n) is 7.23. The maximum atomic E-state index is 10.9. The fourth-order valence-corrected chi connectivity index (χ4v) is 0.615. The van der Waals surface area contributed by atoms with Gasteiger partial charge in [-0.1, -0.05) is 0 Å². The van der Waals surface area contributed by atoms with Crippen molar-refractivity contribution in [2.45, 2.75) is 13.3 Å². The third-order valence-electron chi connectivity index (χ3n) is 1.32. The molecule has 0 aliphatic heterocycles. The van der Waals surface area contributed by atoms with Crippen molar-refractivity contribution in [1.82, 2.24) is 0 Å². The largest absolute Gasteiger partial charge is 0.545 e. The Morgan fingerprint density at radius 2 is 1.57 bits per heavy atom. The number of ketones is 2. The van der Waals surface area contributed by atoms with Gasteiger partial charge in [0.05, 0.1) is 12.4 Å². The summed E-state index contributed by atoms with van der Waals surface area (Å²) >= 11 is 0. The molecule has 0 saturated carbocycles. The number of allylic oxidation sites excluding steroid dienone is 1. The van der Waals surface area contributed by atoms with Gasteiger partial charge in [0.25, 0.3) is 0 Å². The van der Waals surface area contributed by atoms with Gasteiger partial charge in [-0.2, -0.15) is 0 Å². The van der Waals surface area contributed by atoms with E-state index in [1.807, 2.05) is 0 Å². The van der Waals surface area contributed by atoms with E-state index in [0.29, 0.717) is 6.08 Å². The van der Waals surface area contributed by atoms with Crippen LogP contribution in [0.5, 0.6) is 0 Å². The standard InChI is InChI=1S/C8H8O6/c1-4(2-7(11)12)5(9)3-6(10)8(13)14/h2H,3H2,1H3,(H,11,12)(H,13,14)/p-2/b4-2+. The van der Waals surface area contributed by atoms with Crippen LogP contribution in [0.4, 0.5) is 0 Å². The molecule has 0 saturated heterocycles. The minimum atomic E-state index is -1.97. The van der Waals surface area contributed by atoms with Crippen molar-refractivity contribution in [2.24, 2.45) is 0 Å². The lowest BCUT2D eigenvalue weighted by molar-refractivity contribution is -0.300. The molecule has 0 aromatic rings. The van der Waals surface area contributed by atoms with E-state index in [-0.39, 0.29) is 5.57 Å². The molecule has 0 spiro atoms. The average Bonchev–Trinajstić information content (AvgIpc) is 2.02. The number of carbonyl (C=O) groups is 4. The van der Waals surface area contributed by atoms with Gasteiger partial charge in [0.1, 0.15) is 5.97 Å². The predicted octanol–water partition coefficient (Wildman–Crippen LogP) is -3.04. The summed E-state index contributed by atoms with van der Waals surface area (Å²) in [6.07, 6.45) is -0.414. The first-order chi connectivity index (χ1) is 6.34. The van der Waals surface area contributed by atoms with Gasteiger partial charge in [0.2, 0.25) is 0 Å². The van der Waals surface area contributed by atoms with Crippen LogP contribution >= 0.6 is 0 Å². The molecule has 0 N–H and O–H groups in total. The molecule has 0 unspecified atom stereocenters. The number of hydrogen-bond acceptors (Lipinski definition) is 6. The van der Waals surface area contributed by atoms with Crippen molar-refractivity contribution >= 4 is 23.5 Å². The SMILES string of the molecule is C/C(=C\C(=O)[O-])C(=O)CC(=O)C(=O)[O-]. The molecule has 6 heteroatoms. The molecule has 0 bridgehead atoms. The lowest BCUT2D eigenvalue weighted by atomic mass is 10.1. The minimum Gasteiger partial charge on any atom is -0.545 e. The van der Waals surface area contributed by atoms with Crippen molar-refractivity contribution in [1.29, 1.82) is 0 Å². The van der Waals surface area contributed by atoms with Gasteiger partial charge in [-0.15, -0.1) is 0 Å². The molecule has 0 amide bonds. The quantitative estimate of drug-likeness (QED) is 0.263. The lowest BCUT2D eigenvalue weighted by Gasteiger charge is -2.01. The molecule has 0 aliphatic carbocycles. The minimum absolute atomic E-state index is 0.250. The summed E-state index contributed by atoms with van der Waals surface area (Å²) < 4.78 is 0. The van der Waals surface area contributed by atoms with Crippen molar-refractivity contribution in [3.63, 3.8) is 0 Å². The van der Waals surface area contributed by atoms with Crippen LogP contribution in [-0.4, -0.2) is 23.5 Å². The second kappa shape index (κ2) is 4.90. The fourth-order valence-electron chi connectivity index (χ4n) is 0.615. The average molecular weight is 198 g/mol. The van der Waals surface area contributed by atoms with Gasteiger partial charge < -0.3 is 19.8 Å². The van der Waals surface area contributed by atoms with Crippen LogP contribution in [0.2, 0.25) is 0 Å². The van der Waals surface area contributed by atoms with Gasteiger partial charge in [-0.25, -0.2) is 0 Å². The van der Waals surface area contributed by atoms with Gasteiger partial charge in [-0.05, 0) is 18.6 Å². The Morgan fingerprint density at radius 3 is 1.93 bits per heavy atom. The number of carbonyl (C=O) groups excluding carboxylic acids is 4. The van der Waals surface area contributed by atoms with Crippen molar-refractivity contribution in [2.75, 3.05) is 0 Å². The predicted molar refractivity (Wildman–Crippen MR) is 38.4 cm³/mol. The van der Waals surface area contributed by atoms with Gasteiger partial charge in [-0.3, -0.25) is 9.59 Å². The zero-order chi connectivity index (χ0) is 11.3. The third kappa shape index (κ3) is 4.15. The fraction of sp³-hybridized carbons (Fsp3) is 0.250. The molecule has 0 aliphatic rings. The highest BCUT2D eigenvalue weighted by Gasteiger charge is 2.11. The van der Waals surface area contributed by atoms with E-state index in [1.165, 1.54) is 0 Å². The molecule has 76 valence electrons. The topological polar surface area (TPSA) is 114 Å². The maximum Gasteiger partial charge on any atom is 0.185 e. The summed E-state index contributed by atoms with van der Waals surface area (Å²) in [6.45, 7) is 1.14. The molecule has 0 atom stereocenters. The van der Waals surface area contributed by atoms with Crippen LogP contribution in [0.15, 0.2) is 11.6 Å². The maximum absolute atomic E-state index is 10.9. The van der Waals surface area contributed by atoms with Crippen LogP contribution in [0.3, 0.4) is 0 Å². The van der Waals surface area contributed by atoms with E-state index in [1.54, 1.807) is 0 Å². The van der Waals surface area contributed by atoms with Crippen LogP contribution in [0.1, 0.15) is 13.3 Å². The first-order valence-electron chi connectivity index (χ1n) is 3.51. The van der Waals surface area contributed by atoms with Gasteiger partial charge >= 0.3 is 0 Å². The number of Topliss-reactive ketones (excluding diaryl/α,β-unsaturated/α-hetero) is 2. The first-order valence-corrected chi connectivity index (χ1v) is 3.51. The Labute approximate surface area is 78.8 Å². The Balaban J connectivity index is 4.44. The Morgan fingerprint density at radius 1 is 1.07 bits per heavy atom. The second-order valence-electron chi connectivity index (χ2n) is 2.46. The summed E-state index contributed by atoms with van der Waals surface area (Å²) in [4.78, 5) is 41.3. The van der Waals surface area contributed by atoms with Gasteiger partial charge in [0.15, 0.2) is 11.6 Å². The highest BCUT2D eigenvalue weighted by atomic mass is 16.4. The second-order valence-corrected chi connectivity index (χ2v) is 2.46. The number of rotatable bonds is 5. The number of carboxylic acids is 2. The van der Waals surface area contributed by atoms with E-state index in [2.05, 4.69) is 0 Å². The zero-order valence-corrected chi connectivity index (χ0v) is 7.23. The summed E-state index contributed by atoms with van der Waals surface area (Å²) in [5.74, 6) is -5.83. The first kappa shape index (κ1) is 12.0. The Hall–Kier alpha value is -1.98. The molecule has 0 radical (unpaired) electrons. The molecular weight excluding hydrogens is 192 g/mol. The normalized spacial score (nSPS) is 10.8. The molecule has 0 aromatic heterocycles. The van der Waals surface area contributed by atoms with Crippen LogP contribution in [0.25, 0.3) is 0 Å². The Kier molecular flexibility index (Phi) is 4.21. The summed E-state index contributed by atoms with van der Waals surface area (Å²) in [5.41, 5.74) is -0.250. The molecule has 6 nitrogen and oxygen atoms in total. The third-order valence-corrected chi connectivity index (χ3v) is 1.32. The highest BCUT2D eigenvalue weighted by Crippen LogP contribution is 1.98. The van der Waals surface area contributed by atoms with E-state index in [0.717, 1.165) is 6.92 Å². The van der Waals surface area contributed by atoms with E-state index >= 15 is 0 Å². The molecule has 0 aromatic carbocycles.